The van der Waals surface area contributed by atoms with E-state index in [0.29, 0.717) is 0 Å². The summed E-state index contributed by atoms with van der Waals surface area (Å²) in [7, 11) is 0. The lowest BCUT2D eigenvalue weighted by Gasteiger charge is -2.18. The summed E-state index contributed by atoms with van der Waals surface area (Å²) < 4.78 is 1.02. The number of carbonyl (C=O) groups is 1. The fourth-order valence-electron chi connectivity index (χ4n) is 2.13. The van der Waals surface area contributed by atoms with Crippen molar-refractivity contribution >= 4 is 27.5 Å². The Morgan fingerprint density at radius 1 is 1.40 bits per heavy atom. The van der Waals surface area contributed by atoms with Crippen molar-refractivity contribution in [2.75, 3.05) is 11.4 Å². The van der Waals surface area contributed by atoms with Gasteiger partial charge in [0.25, 0.3) is 0 Å². The lowest BCUT2D eigenvalue weighted by Crippen LogP contribution is -2.35. The highest BCUT2D eigenvalue weighted by Crippen LogP contribution is 2.42. The van der Waals surface area contributed by atoms with Crippen LogP contribution in [0.5, 0.6) is 0 Å². The van der Waals surface area contributed by atoms with Crippen molar-refractivity contribution in [1.82, 2.24) is 0 Å². The smallest absolute Gasteiger partial charge is 0.237 e. The number of rotatable bonds is 1. The van der Waals surface area contributed by atoms with Gasteiger partial charge in [0.2, 0.25) is 5.91 Å². The van der Waals surface area contributed by atoms with E-state index in [0.717, 1.165) is 22.3 Å². The average Bonchev–Trinajstić information content (AvgIpc) is 2.35. The molecule has 0 bridgehead atoms. The van der Waals surface area contributed by atoms with Gasteiger partial charge in [0, 0.05) is 16.7 Å². The Morgan fingerprint density at radius 2 is 2.07 bits per heavy atom. The molecule has 2 rings (SSSR count). The van der Waals surface area contributed by atoms with Crippen LogP contribution in [-0.2, 0) is 10.2 Å². The van der Waals surface area contributed by atoms with Gasteiger partial charge in [0.1, 0.15) is 0 Å². The Hall–Kier alpha value is -0.830. The average molecular weight is 268 g/mol. The molecule has 0 saturated heterocycles. The Bertz CT molecular complexity index is 426. The van der Waals surface area contributed by atoms with Gasteiger partial charge in [-0.2, -0.15) is 0 Å². The molecule has 1 aromatic carbocycles. The standard InChI is InChI=1S/C12H14BrNO/c1-4-14-10-7-8(13)5-6-9(10)12(2,3)11(14)15/h5-7H,4H2,1-3H3. The molecule has 0 N–H and O–H groups in total. The number of hydrogen-bond acceptors (Lipinski definition) is 1. The summed E-state index contributed by atoms with van der Waals surface area (Å²) in [6.07, 6.45) is 0. The molecule has 1 amide bonds. The third-order valence-corrected chi connectivity index (χ3v) is 3.51. The lowest BCUT2D eigenvalue weighted by atomic mass is 9.86. The number of amides is 1. The number of carbonyl (C=O) groups excluding carboxylic acids is 1. The zero-order valence-electron chi connectivity index (χ0n) is 9.17. The third-order valence-electron chi connectivity index (χ3n) is 3.02. The number of hydrogen-bond donors (Lipinski definition) is 0. The van der Waals surface area contributed by atoms with Gasteiger partial charge >= 0.3 is 0 Å². The van der Waals surface area contributed by atoms with Crippen molar-refractivity contribution in [3.63, 3.8) is 0 Å². The number of benzene rings is 1. The van der Waals surface area contributed by atoms with Crippen LogP contribution in [-0.4, -0.2) is 12.5 Å². The molecule has 0 radical (unpaired) electrons. The van der Waals surface area contributed by atoms with E-state index in [2.05, 4.69) is 15.9 Å². The van der Waals surface area contributed by atoms with Crippen LogP contribution in [0, 0.1) is 0 Å². The molecule has 1 aliphatic rings. The van der Waals surface area contributed by atoms with Crippen molar-refractivity contribution in [3.8, 4) is 0 Å². The van der Waals surface area contributed by atoms with E-state index in [9.17, 15) is 4.79 Å². The van der Waals surface area contributed by atoms with Crippen molar-refractivity contribution in [2.45, 2.75) is 26.2 Å². The summed E-state index contributed by atoms with van der Waals surface area (Å²) in [6, 6.07) is 6.05. The first kappa shape index (κ1) is 10.7. The molecule has 1 aromatic rings. The molecule has 0 spiro atoms. The highest BCUT2D eigenvalue weighted by atomic mass is 79.9. The van der Waals surface area contributed by atoms with Gasteiger partial charge in [-0.3, -0.25) is 4.79 Å². The van der Waals surface area contributed by atoms with E-state index in [-0.39, 0.29) is 11.3 Å². The molecule has 1 heterocycles. The predicted octanol–water partition coefficient (Wildman–Crippen LogP) is 3.09. The van der Waals surface area contributed by atoms with Crippen LogP contribution in [0.3, 0.4) is 0 Å². The largest absolute Gasteiger partial charge is 0.312 e. The topological polar surface area (TPSA) is 20.3 Å². The molecule has 0 fully saturated rings. The van der Waals surface area contributed by atoms with Crippen LogP contribution < -0.4 is 4.90 Å². The molecule has 3 heteroatoms. The van der Waals surface area contributed by atoms with Gasteiger partial charge in [-0.1, -0.05) is 22.0 Å². The zero-order valence-corrected chi connectivity index (χ0v) is 10.8. The first-order valence-electron chi connectivity index (χ1n) is 5.10. The third kappa shape index (κ3) is 1.41. The molecule has 0 aromatic heterocycles. The first-order valence-corrected chi connectivity index (χ1v) is 5.89. The Balaban J connectivity index is 2.65. The first-order chi connectivity index (χ1) is 6.98. The van der Waals surface area contributed by atoms with Crippen LogP contribution in [0.4, 0.5) is 5.69 Å². The van der Waals surface area contributed by atoms with Crippen LogP contribution in [0.25, 0.3) is 0 Å². The normalized spacial score (nSPS) is 18.1. The summed E-state index contributed by atoms with van der Waals surface area (Å²) >= 11 is 3.44. The van der Waals surface area contributed by atoms with E-state index in [1.54, 1.807) is 0 Å². The highest BCUT2D eigenvalue weighted by molar-refractivity contribution is 9.10. The van der Waals surface area contributed by atoms with Crippen molar-refractivity contribution in [1.29, 1.82) is 0 Å². The summed E-state index contributed by atoms with van der Waals surface area (Å²) in [5, 5.41) is 0. The molecule has 0 aliphatic carbocycles. The molecule has 80 valence electrons. The van der Waals surface area contributed by atoms with Crippen molar-refractivity contribution in [3.05, 3.63) is 28.2 Å². The van der Waals surface area contributed by atoms with Crippen LogP contribution in [0.15, 0.2) is 22.7 Å². The van der Waals surface area contributed by atoms with Gasteiger partial charge in [-0.25, -0.2) is 0 Å². The predicted molar refractivity (Wildman–Crippen MR) is 65.2 cm³/mol. The summed E-state index contributed by atoms with van der Waals surface area (Å²) in [5.74, 6) is 0.193. The van der Waals surface area contributed by atoms with Gasteiger partial charge in [0.05, 0.1) is 5.41 Å². The number of fused-ring (bicyclic) bond motifs is 1. The Kier molecular flexibility index (Phi) is 2.38. The van der Waals surface area contributed by atoms with E-state index in [1.165, 1.54) is 0 Å². The van der Waals surface area contributed by atoms with E-state index in [1.807, 2.05) is 43.9 Å². The second-order valence-corrected chi connectivity index (χ2v) is 5.25. The summed E-state index contributed by atoms with van der Waals surface area (Å²) in [6.45, 7) is 6.70. The molecular formula is C12H14BrNO. The van der Waals surface area contributed by atoms with Gasteiger partial charge < -0.3 is 4.90 Å². The fraction of sp³-hybridized carbons (Fsp3) is 0.417. The van der Waals surface area contributed by atoms with Gasteiger partial charge in [-0.15, -0.1) is 0 Å². The second kappa shape index (κ2) is 3.34. The molecule has 2 nitrogen and oxygen atoms in total. The van der Waals surface area contributed by atoms with E-state index >= 15 is 0 Å². The summed E-state index contributed by atoms with van der Waals surface area (Å²) in [5.41, 5.74) is 1.78. The zero-order chi connectivity index (χ0) is 11.2. The van der Waals surface area contributed by atoms with E-state index in [4.69, 9.17) is 0 Å². The van der Waals surface area contributed by atoms with Crippen LogP contribution >= 0.6 is 15.9 Å². The maximum atomic E-state index is 12.1. The van der Waals surface area contributed by atoms with E-state index < -0.39 is 0 Å². The van der Waals surface area contributed by atoms with Crippen LogP contribution in [0.1, 0.15) is 26.3 Å². The summed E-state index contributed by atoms with van der Waals surface area (Å²) in [4.78, 5) is 14.0. The molecule has 1 aliphatic heterocycles. The van der Waals surface area contributed by atoms with Gasteiger partial charge in [0.15, 0.2) is 0 Å². The molecule has 15 heavy (non-hydrogen) atoms. The monoisotopic (exact) mass is 267 g/mol. The maximum absolute atomic E-state index is 12.1. The maximum Gasteiger partial charge on any atom is 0.237 e. The molecule has 0 atom stereocenters. The second-order valence-electron chi connectivity index (χ2n) is 4.34. The fourth-order valence-corrected chi connectivity index (χ4v) is 2.48. The highest BCUT2D eigenvalue weighted by Gasteiger charge is 2.42. The van der Waals surface area contributed by atoms with Crippen molar-refractivity contribution in [2.24, 2.45) is 0 Å². The quantitative estimate of drug-likeness (QED) is 0.766. The molecular weight excluding hydrogens is 254 g/mol. The van der Waals surface area contributed by atoms with Crippen LogP contribution in [0.2, 0.25) is 0 Å². The Labute approximate surface area is 98.4 Å². The minimum atomic E-state index is -0.383. The number of likely N-dealkylation sites (N-methyl/N-ethyl adjacent to an activating group) is 1. The minimum absolute atomic E-state index is 0.193. The minimum Gasteiger partial charge on any atom is -0.312 e. The van der Waals surface area contributed by atoms with Crippen molar-refractivity contribution < 1.29 is 4.79 Å². The number of halogens is 1. The number of anilines is 1. The molecule has 0 unspecified atom stereocenters. The molecule has 0 saturated carbocycles. The number of nitrogens with zero attached hydrogens (tertiary/aromatic N) is 1. The van der Waals surface area contributed by atoms with Gasteiger partial charge in [-0.05, 0) is 38.5 Å². The SMILES string of the molecule is CCN1C(=O)C(C)(C)c2ccc(Br)cc21. The lowest BCUT2D eigenvalue weighted by molar-refractivity contribution is -0.122. The Morgan fingerprint density at radius 3 is 2.67 bits per heavy atom.